The molecule has 6 heteroatoms. The fraction of sp³-hybridized carbons (Fsp3) is 0.467. The van der Waals surface area contributed by atoms with Crippen molar-refractivity contribution in [2.45, 2.75) is 11.7 Å². The van der Waals surface area contributed by atoms with Crippen LogP contribution in [0.2, 0.25) is 0 Å². The van der Waals surface area contributed by atoms with E-state index >= 15 is 0 Å². The van der Waals surface area contributed by atoms with E-state index in [0.717, 1.165) is 11.7 Å². The molecule has 2 rings (SSSR count). The number of carbonyl (C=O) groups is 1. The Labute approximate surface area is 129 Å². The Bertz CT molecular complexity index is 479. The Morgan fingerprint density at radius 3 is 2.95 bits per heavy atom. The van der Waals surface area contributed by atoms with E-state index in [4.69, 9.17) is 4.74 Å². The zero-order valence-electron chi connectivity index (χ0n) is 12.2. The second kappa shape index (κ2) is 8.69. The van der Waals surface area contributed by atoms with Crippen molar-refractivity contribution in [1.29, 1.82) is 0 Å². The lowest BCUT2D eigenvalue weighted by Crippen LogP contribution is -2.31. The van der Waals surface area contributed by atoms with Gasteiger partial charge in [-0.2, -0.15) is 0 Å². The van der Waals surface area contributed by atoms with Crippen molar-refractivity contribution in [3.63, 3.8) is 0 Å². The maximum Gasteiger partial charge on any atom is 0.221 e. The molecule has 1 heterocycles. The van der Waals surface area contributed by atoms with Gasteiger partial charge in [0.1, 0.15) is 0 Å². The first kappa shape index (κ1) is 15.9. The van der Waals surface area contributed by atoms with Crippen LogP contribution in [0.4, 0.5) is 0 Å². The smallest absolute Gasteiger partial charge is 0.221 e. The van der Waals surface area contributed by atoms with Crippen molar-refractivity contribution in [3.8, 4) is 0 Å². The number of nitrogens with one attached hydrogen (secondary N) is 2. The van der Waals surface area contributed by atoms with Gasteiger partial charge in [0, 0.05) is 26.6 Å². The van der Waals surface area contributed by atoms with Crippen LogP contribution in [0.15, 0.2) is 35.3 Å². The minimum atomic E-state index is 0.0303. The molecule has 1 atom stereocenters. The molecule has 0 fully saturated rings. The van der Waals surface area contributed by atoms with Crippen molar-refractivity contribution in [2.24, 2.45) is 4.99 Å². The van der Waals surface area contributed by atoms with Crippen LogP contribution in [0.25, 0.3) is 0 Å². The first-order valence-corrected chi connectivity index (χ1v) is 7.93. The molecular weight excluding hydrogens is 286 g/mol. The second-order valence-electron chi connectivity index (χ2n) is 4.68. The lowest BCUT2D eigenvalue weighted by molar-refractivity contribution is -0.121. The minimum Gasteiger partial charge on any atom is -0.383 e. The SMILES string of the molecule is COCCNC(=O)CCNC1=NCC(c2ccccc2)S1. The van der Waals surface area contributed by atoms with Gasteiger partial charge in [0.2, 0.25) is 5.91 Å². The van der Waals surface area contributed by atoms with Gasteiger partial charge in [0.05, 0.1) is 18.4 Å². The summed E-state index contributed by atoms with van der Waals surface area (Å²) in [5, 5.41) is 7.32. The van der Waals surface area contributed by atoms with E-state index in [1.54, 1.807) is 18.9 Å². The van der Waals surface area contributed by atoms with Gasteiger partial charge in [0.15, 0.2) is 5.17 Å². The summed E-state index contributed by atoms with van der Waals surface area (Å²) in [6.07, 6.45) is 0.444. The number of hydrogen-bond donors (Lipinski definition) is 2. The summed E-state index contributed by atoms with van der Waals surface area (Å²) in [5.74, 6) is 0.0303. The van der Waals surface area contributed by atoms with E-state index in [0.29, 0.717) is 31.4 Å². The highest BCUT2D eigenvalue weighted by Gasteiger charge is 2.20. The van der Waals surface area contributed by atoms with Crippen molar-refractivity contribution in [1.82, 2.24) is 10.6 Å². The van der Waals surface area contributed by atoms with E-state index in [9.17, 15) is 4.79 Å². The van der Waals surface area contributed by atoms with Crippen LogP contribution in [0.5, 0.6) is 0 Å². The van der Waals surface area contributed by atoms with Crippen LogP contribution in [-0.2, 0) is 9.53 Å². The molecule has 0 radical (unpaired) electrons. The lowest BCUT2D eigenvalue weighted by Gasteiger charge is -2.09. The fourth-order valence-electron chi connectivity index (χ4n) is 1.98. The van der Waals surface area contributed by atoms with Gasteiger partial charge in [0.25, 0.3) is 0 Å². The van der Waals surface area contributed by atoms with Gasteiger partial charge >= 0.3 is 0 Å². The molecule has 1 aromatic carbocycles. The van der Waals surface area contributed by atoms with Crippen molar-refractivity contribution in [2.75, 3.05) is 33.4 Å². The lowest BCUT2D eigenvalue weighted by atomic mass is 10.1. The fourth-order valence-corrected chi connectivity index (χ4v) is 3.02. The van der Waals surface area contributed by atoms with E-state index in [2.05, 4.69) is 27.8 Å². The molecule has 1 unspecified atom stereocenters. The Morgan fingerprint density at radius 1 is 1.38 bits per heavy atom. The van der Waals surface area contributed by atoms with E-state index in [1.807, 2.05) is 18.2 Å². The molecule has 1 amide bonds. The third-order valence-corrected chi connectivity index (χ3v) is 4.29. The summed E-state index contributed by atoms with van der Waals surface area (Å²) in [6.45, 7) is 2.49. The number of hydrogen-bond acceptors (Lipinski definition) is 5. The Morgan fingerprint density at radius 2 is 2.19 bits per heavy atom. The predicted molar refractivity (Wildman–Crippen MR) is 86.6 cm³/mol. The summed E-state index contributed by atoms with van der Waals surface area (Å²) in [4.78, 5) is 16.0. The van der Waals surface area contributed by atoms with Crippen LogP contribution >= 0.6 is 11.8 Å². The Hall–Kier alpha value is -1.53. The number of amidine groups is 1. The topological polar surface area (TPSA) is 62.7 Å². The average molecular weight is 307 g/mol. The van der Waals surface area contributed by atoms with Gasteiger partial charge in [-0.25, -0.2) is 0 Å². The summed E-state index contributed by atoms with van der Waals surface area (Å²) >= 11 is 1.72. The number of rotatable bonds is 7. The maximum absolute atomic E-state index is 11.5. The third kappa shape index (κ3) is 5.40. The van der Waals surface area contributed by atoms with E-state index < -0.39 is 0 Å². The van der Waals surface area contributed by atoms with Crippen LogP contribution in [-0.4, -0.2) is 44.4 Å². The van der Waals surface area contributed by atoms with Crippen molar-refractivity contribution in [3.05, 3.63) is 35.9 Å². The zero-order chi connectivity index (χ0) is 14.9. The maximum atomic E-state index is 11.5. The number of methoxy groups -OCH3 is 1. The zero-order valence-corrected chi connectivity index (χ0v) is 13.0. The molecule has 2 N–H and O–H groups in total. The molecule has 1 aromatic rings. The monoisotopic (exact) mass is 307 g/mol. The summed E-state index contributed by atoms with van der Waals surface area (Å²) in [5.41, 5.74) is 1.29. The highest BCUT2D eigenvalue weighted by atomic mass is 32.2. The number of aliphatic imine (C=N–C) groups is 1. The highest BCUT2D eigenvalue weighted by Crippen LogP contribution is 2.33. The normalized spacial score (nSPS) is 17.4. The van der Waals surface area contributed by atoms with Crippen LogP contribution in [0.1, 0.15) is 17.2 Å². The molecule has 5 nitrogen and oxygen atoms in total. The van der Waals surface area contributed by atoms with Gasteiger partial charge in [-0.15, -0.1) is 0 Å². The molecular formula is C15H21N3O2S. The molecule has 1 aliphatic heterocycles. The van der Waals surface area contributed by atoms with Crippen LogP contribution in [0.3, 0.4) is 0 Å². The standard InChI is InChI=1S/C15H21N3O2S/c1-20-10-9-16-14(19)7-8-17-15-18-11-13(21-15)12-5-3-2-4-6-12/h2-6,13H,7-11H2,1H3,(H,16,19)(H,17,18). The van der Waals surface area contributed by atoms with Crippen molar-refractivity contribution < 1.29 is 9.53 Å². The molecule has 0 aromatic heterocycles. The van der Waals surface area contributed by atoms with Gasteiger partial charge in [-0.1, -0.05) is 42.1 Å². The minimum absolute atomic E-state index is 0.0303. The third-order valence-electron chi connectivity index (χ3n) is 3.08. The Balaban J connectivity index is 1.63. The number of nitrogens with zero attached hydrogens (tertiary/aromatic N) is 1. The van der Waals surface area contributed by atoms with Gasteiger partial charge < -0.3 is 15.4 Å². The number of carbonyl (C=O) groups excluding carboxylic acids is 1. The van der Waals surface area contributed by atoms with Crippen molar-refractivity contribution >= 4 is 22.8 Å². The molecule has 21 heavy (non-hydrogen) atoms. The highest BCUT2D eigenvalue weighted by molar-refractivity contribution is 8.14. The molecule has 1 aliphatic rings. The average Bonchev–Trinajstić information content (AvgIpc) is 2.97. The molecule has 0 saturated heterocycles. The van der Waals surface area contributed by atoms with E-state index in [-0.39, 0.29) is 5.91 Å². The molecule has 114 valence electrons. The summed E-state index contributed by atoms with van der Waals surface area (Å²) in [7, 11) is 1.62. The van der Waals surface area contributed by atoms with Gasteiger partial charge in [-0.3, -0.25) is 9.79 Å². The molecule has 0 aliphatic carbocycles. The molecule has 0 spiro atoms. The summed E-state index contributed by atoms with van der Waals surface area (Å²) < 4.78 is 4.88. The van der Waals surface area contributed by atoms with Crippen LogP contribution < -0.4 is 10.6 Å². The van der Waals surface area contributed by atoms with E-state index in [1.165, 1.54) is 5.56 Å². The predicted octanol–water partition coefficient (Wildman–Crippen LogP) is 1.57. The van der Waals surface area contributed by atoms with Gasteiger partial charge in [-0.05, 0) is 5.56 Å². The molecule has 0 bridgehead atoms. The quantitative estimate of drug-likeness (QED) is 0.751. The molecule has 0 saturated carbocycles. The second-order valence-corrected chi connectivity index (χ2v) is 5.87. The number of ether oxygens (including phenoxy) is 1. The Kier molecular flexibility index (Phi) is 6.56. The first-order chi connectivity index (χ1) is 10.3. The number of benzene rings is 1. The summed E-state index contributed by atoms with van der Waals surface area (Å²) in [6, 6.07) is 10.4. The number of amides is 1. The number of thioether (sulfide) groups is 1. The largest absolute Gasteiger partial charge is 0.383 e. The first-order valence-electron chi connectivity index (χ1n) is 7.05. The van der Waals surface area contributed by atoms with Crippen LogP contribution in [0, 0.1) is 0 Å².